The van der Waals surface area contributed by atoms with E-state index in [1.54, 1.807) is 24.3 Å². The predicted octanol–water partition coefficient (Wildman–Crippen LogP) is 3.32. The minimum Gasteiger partial charge on any atom is -0.339 e. The molecule has 1 aliphatic rings. The fourth-order valence-corrected chi connectivity index (χ4v) is 3.55. The topological polar surface area (TPSA) is 55.2 Å². The van der Waals surface area contributed by atoms with Crippen molar-refractivity contribution in [2.24, 2.45) is 0 Å². The summed E-state index contributed by atoms with van der Waals surface area (Å²) >= 11 is 0. The zero-order valence-corrected chi connectivity index (χ0v) is 14.8. The third-order valence-corrected chi connectivity index (χ3v) is 4.99. The molecule has 2 aromatic carbocycles. The summed E-state index contributed by atoms with van der Waals surface area (Å²) in [4.78, 5) is 27.3. The van der Waals surface area contributed by atoms with Crippen molar-refractivity contribution >= 4 is 16.7 Å². The third kappa shape index (κ3) is 2.90. The van der Waals surface area contributed by atoms with Crippen LogP contribution in [0.25, 0.3) is 16.5 Å². The van der Waals surface area contributed by atoms with Crippen LogP contribution >= 0.6 is 0 Å². The number of amides is 1. The lowest BCUT2D eigenvalue weighted by molar-refractivity contribution is 0.0724. The zero-order chi connectivity index (χ0) is 18.1. The summed E-state index contributed by atoms with van der Waals surface area (Å²) in [6.07, 6.45) is 3.33. The van der Waals surface area contributed by atoms with Crippen molar-refractivity contribution in [1.29, 1.82) is 0 Å². The largest absolute Gasteiger partial charge is 0.339 e. The Morgan fingerprint density at radius 1 is 0.923 bits per heavy atom. The highest BCUT2D eigenvalue weighted by molar-refractivity contribution is 5.94. The molecule has 0 unspecified atom stereocenters. The summed E-state index contributed by atoms with van der Waals surface area (Å²) in [5.74, 6) is 0.0613. The highest BCUT2D eigenvalue weighted by Crippen LogP contribution is 2.16. The monoisotopic (exact) mass is 347 g/mol. The Kier molecular flexibility index (Phi) is 4.29. The molecule has 5 heteroatoms. The van der Waals surface area contributed by atoms with Gasteiger partial charge in [0.05, 0.1) is 16.8 Å². The van der Waals surface area contributed by atoms with Gasteiger partial charge in [0.1, 0.15) is 0 Å². The second-order valence-corrected chi connectivity index (χ2v) is 6.75. The molecule has 132 valence electrons. The number of aryl methyl sites for hydroxylation is 1. The molecule has 1 aromatic heterocycles. The maximum absolute atomic E-state index is 12.8. The molecule has 0 aliphatic carbocycles. The molecule has 0 bridgehead atoms. The van der Waals surface area contributed by atoms with E-state index in [9.17, 15) is 9.59 Å². The van der Waals surface area contributed by atoms with E-state index in [4.69, 9.17) is 0 Å². The van der Waals surface area contributed by atoms with E-state index in [1.165, 1.54) is 11.1 Å². The van der Waals surface area contributed by atoms with E-state index in [0.717, 1.165) is 37.0 Å². The van der Waals surface area contributed by atoms with Crippen LogP contribution in [0.5, 0.6) is 0 Å². The van der Waals surface area contributed by atoms with Crippen molar-refractivity contribution in [3.63, 3.8) is 0 Å². The molecule has 1 amide bonds. The first kappa shape index (κ1) is 16.5. The molecule has 1 fully saturated rings. The fourth-order valence-electron chi connectivity index (χ4n) is 3.55. The van der Waals surface area contributed by atoms with E-state index in [0.29, 0.717) is 16.6 Å². The minimum atomic E-state index is -0.152. The second-order valence-electron chi connectivity index (χ2n) is 6.75. The Labute approximate surface area is 151 Å². The van der Waals surface area contributed by atoms with E-state index < -0.39 is 0 Å². The summed E-state index contributed by atoms with van der Waals surface area (Å²) in [5.41, 5.74) is 1.97. The van der Waals surface area contributed by atoms with Crippen LogP contribution in [-0.4, -0.2) is 33.7 Å². The van der Waals surface area contributed by atoms with Gasteiger partial charge in [-0.15, -0.1) is 0 Å². The molecular formula is C21H21N3O2. The molecule has 2 heterocycles. The number of fused-ring (bicyclic) bond motifs is 1. The molecule has 4 rings (SSSR count). The summed E-state index contributed by atoms with van der Waals surface area (Å²) in [7, 11) is 0. The molecule has 0 atom stereocenters. The fraction of sp³-hybridized carbons (Fsp3) is 0.286. The van der Waals surface area contributed by atoms with Crippen molar-refractivity contribution in [3.05, 3.63) is 70.1 Å². The van der Waals surface area contributed by atoms with Gasteiger partial charge in [-0.2, -0.15) is 9.78 Å². The average molecular weight is 347 g/mol. The predicted molar refractivity (Wildman–Crippen MR) is 102 cm³/mol. The van der Waals surface area contributed by atoms with Gasteiger partial charge in [0.15, 0.2) is 0 Å². The van der Waals surface area contributed by atoms with Crippen LogP contribution in [0.1, 0.15) is 35.3 Å². The Morgan fingerprint density at radius 2 is 1.58 bits per heavy atom. The Hall–Kier alpha value is -2.95. The quantitative estimate of drug-likeness (QED) is 0.714. The summed E-state index contributed by atoms with van der Waals surface area (Å²) in [6.45, 7) is 3.55. The van der Waals surface area contributed by atoms with Gasteiger partial charge in [0, 0.05) is 24.0 Å². The maximum Gasteiger partial charge on any atom is 0.279 e. The summed E-state index contributed by atoms with van der Waals surface area (Å²) in [6, 6.07) is 14.6. The molecular weight excluding hydrogens is 326 g/mol. The minimum absolute atomic E-state index is 0.0613. The number of carbonyl (C=O) groups excluding carboxylic acids is 1. The first-order valence-corrected chi connectivity index (χ1v) is 9.03. The lowest BCUT2D eigenvalue weighted by Gasteiger charge is -2.26. The van der Waals surface area contributed by atoms with E-state index >= 15 is 0 Å². The molecule has 1 aliphatic heterocycles. The molecule has 0 N–H and O–H groups in total. The van der Waals surface area contributed by atoms with Gasteiger partial charge >= 0.3 is 0 Å². The number of rotatable bonds is 2. The standard InChI is InChI=1S/C21H21N3O2/c1-15-18-7-3-4-8-19(18)21(26)24(22-15)17-11-9-16(10-12-17)20(25)23-13-5-2-6-14-23/h3-4,7-12H,2,5-6,13-14H2,1H3. The van der Waals surface area contributed by atoms with Gasteiger partial charge in [0.25, 0.3) is 11.5 Å². The highest BCUT2D eigenvalue weighted by atomic mass is 16.2. The van der Waals surface area contributed by atoms with Crippen LogP contribution < -0.4 is 5.56 Å². The number of likely N-dealkylation sites (tertiary alicyclic amines) is 1. The van der Waals surface area contributed by atoms with Crippen molar-refractivity contribution in [2.45, 2.75) is 26.2 Å². The number of hydrogen-bond acceptors (Lipinski definition) is 3. The smallest absolute Gasteiger partial charge is 0.279 e. The van der Waals surface area contributed by atoms with Crippen LogP contribution in [-0.2, 0) is 0 Å². The first-order valence-electron chi connectivity index (χ1n) is 9.03. The zero-order valence-electron chi connectivity index (χ0n) is 14.8. The number of nitrogens with zero attached hydrogens (tertiary/aromatic N) is 3. The lowest BCUT2D eigenvalue weighted by atomic mass is 10.1. The third-order valence-electron chi connectivity index (χ3n) is 4.99. The Morgan fingerprint density at radius 3 is 2.27 bits per heavy atom. The molecule has 0 radical (unpaired) electrons. The van der Waals surface area contributed by atoms with Gasteiger partial charge in [-0.25, -0.2) is 0 Å². The van der Waals surface area contributed by atoms with Crippen molar-refractivity contribution < 1.29 is 4.79 Å². The number of piperidine rings is 1. The van der Waals surface area contributed by atoms with E-state index in [1.807, 2.05) is 36.1 Å². The maximum atomic E-state index is 12.8. The van der Waals surface area contributed by atoms with Crippen LogP contribution in [0.2, 0.25) is 0 Å². The SMILES string of the molecule is Cc1nn(-c2ccc(C(=O)N3CCCCC3)cc2)c(=O)c2ccccc12. The Bertz CT molecular complexity index is 1020. The first-order chi connectivity index (χ1) is 12.6. The van der Waals surface area contributed by atoms with Crippen LogP contribution in [0.15, 0.2) is 53.3 Å². The number of carbonyl (C=O) groups is 1. The molecule has 0 saturated carbocycles. The Balaban J connectivity index is 1.69. The molecule has 0 spiro atoms. The van der Waals surface area contributed by atoms with Crippen LogP contribution in [0.3, 0.4) is 0 Å². The molecule has 26 heavy (non-hydrogen) atoms. The highest BCUT2D eigenvalue weighted by Gasteiger charge is 2.18. The number of hydrogen-bond donors (Lipinski definition) is 0. The van der Waals surface area contributed by atoms with E-state index in [2.05, 4.69) is 5.10 Å². The molecule has 5 nitrogen and oxygen atoms in total. The average Bonchev–Trinajstić information content (AvgIpc) is 2.71. The van der Waals surface area contributed by atoms with Gasteiger partial charge in [0.2, 0.25) is 0 Å². The van der Waals surface area contributed by atoms with Gasteiger partial charge < -0.3 is 4.90 Å². The van der Waals surface area contributed by atoms with Crippen molar-refractivity contribution in [1.82, 2.24) is 14.7 Å². The van der Waals surface area contributed by atoms with Crippen LogP contribution in [0, 0.1) is 6.92 Å². The van der Waals surface area contributed by atoms with Crippen molar-refractivity contribution in [3.8, 4) is 5.69 Å². The van der Waals surface area contributed by atoms with Crippen molar-refractivity contribution in [2.75, 3.05) is 13.1 Å². The van der Waals surface area contributed by atoms with Gasteiger partial charge in [-0.05, 0) is 56.5 Å². The number of benzene rings is 2. The lowest BCUT2D eigenvalue weighted by Crippen LogP contribution is -2.35. The van der Waals surface area contributed by atoms with E-state index in [-0.39, 0.29) is 11.5 Å². The van der Waals surface area contributed by atoms with Gasteiger partial charge in [-0.1, -0.05) is 18.2 Å². The van der Waals surface area contributed by atoms with Gasteiger partial charge in [-0.3, -0.25) is 9.59 Å². The second kappa shape index (κ2) is 6.75. The summed E-state index contributed by atoms with van der Waals surface area (Å²) < 4.78 is 1.41. The van der Waals surface area contributed by atoms with Crippen LogP contribution in [0.4, 0.5) is 0 Å². The normalized spacial score (nSPS) is 14.6. The molecule has 3 aromatic rings. The summed E-state index contributed by atoms with van der Waals surface area (Å²) in [5, 5.41) is 5.96. The number of aromatic nitrogens is 2. The molecule has 1 saturated heterocycles.